The molecular formula is C11H22N4. The summed E-state index contributed by atoms with van der Waals surface area (Å²) in [6.45, 7) is 9.49. The van der Waals surface area contributed by atoms with Crippen molar-refractivity contribution in [1.29, 1.82) is 0 Å². The van der Waals surface area contributed by atoms with Crippen LogP contribution in [-0.4, -0.2) is 22.4 Å². The number of aryl methyl sites for hydroxylation is 2. The van der Waals surface area contributed by atoms with Crippen LogP contribution in [0.1, 0.15) is 32.9 Å². The molecule has 0 aromatic carbocycles. The highest BCUT2D eigenvalue weighted by Crippen LogP contribution is 2.27. The normalized spacial score (nSPS) is 11.1. The summed E-state index contributed by atoms with van der Waals surface area (Å²) in [7, 11) is 1.95. The third-order valence-corrected chi connectivity index (χ3v) is 2.60. The van der Waals surface area contributed by atoms with Crippen molar-refractivity contribution >= 4 is 11.5 Å². The van der Waals surface area contributed by atoms with E-state index < -0.39 is 0 Å². The molecule has 0 aliphatic carbocycles. The first kappa shape index (κ1) is 11.9. The smallest absolute Gasteiger partial charge is 0.150 e. The van der Waals surface area contributed by atoms with E-state index in [0.29, 0.717) is 6.04 Å². The summed E-state index contributed by atoms with van der Waals surface area (Å²) in [6.07, 6.45) is 1.11. The number of rotatable bonds is 4. The molecule has 15 heavy (non-hydrogen) atoms. The largest absolute Gasteiger partial charge is 0.394 e. The zero-order chi connectivity index (χ0) is 11.6. The molecule has 0 saturated carbocycles. The molecule has 0 unspecified atom stereocenters. The van der Waals surface area contributed by atoms with Gasteiger partial charge < -0.3 is 10.6 Å². The first-order valence-electron chi connectivity index (χ1n) is 5.54. The second kappa shape index (κ2) is 4.55. The van der Waals surface area contributed by atoms with Crippen LogP contribution in [-0.2, 0) is 7.05 Å². The van der Waals surface area contributed by atoms with E-state index in [-0.39, 0.29) is 0 Å². The summed E-state index contributed by atoms with van der Waals surface area (Å²) in [5, 5.41) is 4.35. The molecule has 0 fully saturated rings. The first-order chi connectivity index (χ1) is 6.99. The average molecular weight is 210 g/mol. The molecule has 0 aliphatic rings. The Balaban J connectivity index is 3.10. The summed E-state index contributed by atoms with van der Waals surface area (Å²) >= 11 is 0. The molecule has 4 nitrogen and oxygen atoms in total. The Morgan fingerprint density at radius 1 is 1.47 bits per heavy atom. The van der Waals surface area contributed by atoms with Crippen LogP contribution in [0.4, 0.5) is 11.5 Å². The SMILES string of the molecule is CCCN(c1c(N)c(C)nn1C)C(C)C. The van der Waals surface area contributed by atoms with E-state index in [0.717, 1.165) is 30.2 Å². The zero-order valence-electron chi connectivity index (χ0n) is 10.4. The molecule has 1 aromatic heterocycles. The first-order valence-corrected chi connectivity index (χ1v) is 5.54. The number of nitrogens with zero attached hydrogens (tertiary/aromatic N) is 3. The van der Waals surface area contributed by atoms with Gasteiger partial charge in [-0.1, -0.05) is 6.92 Å². The lowest BCUT2D eigenvalue weighted by Crippen LogP contribution is -2.33. The molecule has 1 heterocycles. The lowest BCUT2D eigenvalue weighted by Gasteiger charge is -2.28. The monoisotopic (exact) mass is 210 g/mol. The van der Waals surface area contributed by atoms with Gasteiger partial charge in [-0.2, -0.15) is 5.10 Å². The molecule has 2 N–H and O–H groups in total. The highest BCUT2D eigenvalue weighted by Gasteiger charge is 2.18. The van der Waals surface area contributed by atoms with Crippen molar-refractivity contribution in [1.82, 2.24) is 9.78 Å². The fraction of sp³-hybridized carbons (Fsp3) is 0.727. The van der Waals surface area contributed by atoms with Crippen LogP contribution in [0.2, 0.25) is 0 Å². The number of hydrogen-bond acceptors (Lipinski definition) is 3. The average Bonchev–Trinajstić information content (AvgIpc) is 2.38. The van der Waals surface area contributed by atoms with Crippen LogP contribution in [0, 0.1) is 6.92 Å². The van der Waals surface area contributed by atoms with E-state index in [1.54, 1.807) is 0 Å². The zero-order valence-corrected chi connectivity index (χ0v) is 10.4. The van der Waals surface area contributed by atoms with Crippen LogP contribution in [0.15, 0.2) is 0 Å². The fourth-order valence-electron chi connectivity index (χ4n) is 1.85. The Morgan fingerprint density at radius 3 is 2.40 bits per heavy atom. The van der Waals surface area contributed by atoms with Crippen molar-refractivity contribution in [2.75, 3.05) is 17.2 Å². The minimum atomic E-state index is 0.446. The van der Waals surface area contributed by atoms with Crippen molar-refractivity contribution in [3.05, 3.63) is 5.69 Å². The van der Waals surface area contributed by atoms with Gasteiger partial charge in [-0.3, -0.25) is 4.68 Å². The topological polar surface area (TPSA) is 47.1 Å². The van der Waals surface area contributed by atoms with Crippen LogP contribution in [0.25, 0.3) is 0 Å². The van der Waals surface area contributed by atoms with E-state index in [1.807, 2.05) is 18.7 Å². The van der Waals surface area contributed by atoms with Gasteiger partial charge in [-0.15, -0.1) is 0 Å². The molecule has 0 bridgehead atoms. The van der Waals surface area contributed by atoms with E-state index in [1.165, 1.54) is 0 Å². The highest BCUT2D eigenvalue weighted by molar-refractivity contribution is 5.66. The number of nitrogens with two attached hydrogens (primary N) is 1. The number of nitrogen functional groups attached to an aromatic ring is 1. The Hall–Kier alpha value is -1.19. The van der Waals surface area contributed by atoms with Gasteiger partial charge in [0.25, 0.3) is 0 Å². The quantitative estimate of drug-likeness (QED) is 0.826. The molecule has 0 amide bonds. The van der Waals surface area contributed by atoms with Gasteiger partial charge in [0.05, 0.1) is 11.4 Å². The van der Waals surface area contributed by atoms with Crippen molar-refractivity contribution in [2.24, 2.45) is 7.05 Å². The summed E-state index contributed by atoms with van der Waals surface area (Å²) < 4.78 is 1.88. The Labute approximate surface area is 92.1 Å². The molecule has 0 spiro atoms. The van der Waals surface area contributed by atoms with E-state index in [4.69, 9.17) is 5.73 Å². The molecule has 0 aliphatic heterocycles. The van der Waals surface area contributed by atoms with E-state index in [2.05, 4.69) is 30.8 Å². The predicted octanol–water partition coefficient (Wildman–Crippen LogP) is 1.94. The molecule has 0 saturated heterocycles. The van der Waals surface area contributed by atoms with Crippen molar-refractivity contribution in [2.45, 2.75) is 40.2 Å². The van der Waals surface area contributed by atoms with Gasteiger partial charge in [0.1, 0.15) is 0 Å². The second-order valence-electron chi connectivity index (χ2n) is 4.23. The molecule has 4 heteroatoms. The van der Waals surface area contributed by atoms with Gasteiger partial charge in [-0.05, 0) is 27.2 Å². The van der Waals surface area contributed by atoms with Crippen molar-refractivity contribution < 1.29 is 0 Å². The van der Waals surface area contributed by atoms with Crippen LogP contribution < -0.4 is 10.6 Å². The third kappa shape index (κ3) is 2.25. The molecule has 86 valence electrons. The van der Waals surface area contributed by atoms with E-state index in [9.17, 15) is 0 Å². The Bertz CT molecular complexity index is 328. The van der Waals surface area contributed by atoms with Gasteiger partial charge in [0, 0.05) is 19.6 Å². The number of aromatic nitrogens is 2. The van der Waals surface area contributed by atoms with Crippen molar-refractivity contribution in [3.8, 4) is 0 Å². The molecule has 0 atom stereocenters. The highest BCUT2D eigenvalue weighted by atomic mass is 15.4. The Kier molecular flexibility index (Phi) is 3.61. The number of hydrogen-bond donors (Lipinski definition) is 1. The maximum Gasteiger partial charge on any atom is 0.150 e. The third-order valence-electron chi connectivity index (χ3n) is 2.60. The lowest BCUT2D eigenvalue weighted by atomic mass is 10.2. The van der Waals surface area contributed by atoms with Crippen LogP contribution >= 0.6 is 0 Å². The summed E-state index contributed by atoms with van der Waals surface area (Å²) in [5.74, 6) is 1.05. The summed E-state index contributed by atoms with van der Waals surface area (Å²) in [6, 6.07) is 0.446. The van der Waals surface area contributed by atoms with Gasteiger partial charge in [0.2, 0.25) is 0 Å². The maximum absolute atomic E-state index is 6.05. The molecule has 0 radical (unpaired) electrons. The van der Waals surface area contributed by atoms with Gasteiger partial charge >= 0.3 is 0 Å². The molecule has 1 aromatic rings. The fourth-order valence-corrected chi connectivity index (χ4v) is 1.85. The van der Waals surface area contributed by atoms with Gasteiger partial charge in [-0.25, -0.2) is 0 Å². The molecular weight excluding hydrogens is 188 g/mol. The maximum atomic E-state index is 6.05. The van der Waals surface area contributed by atoms with Gasteiger partial charge in [0.15, 0.2) is 5.82 Å². The van der Waals surface area contributed by atoms with E-state index >= 15 is 0 Å². The summed E-state index contributed by atoms with van der Waals surface area (Å²) in [5.41, 5.74) is 7.76. The standard InChI is InChI=1S/C11H22N4/c1-6-7-15(8(2)3)11-10(12)9(4)13-14(11)5/h8H,6-7,12H2,1-5H3. The minimum absolute atomic E-state index is 0.446. The number of anilines is 2. The van der Waals surface area contributed by atoms with Crippen LogP contribution in [0.3, 0.4) is 0 Å². The Morgan fingerprint density at radius 2 is 2.07 bits per heavy atom. The van der Waals surface area contributed by atoms with Crippen molar-refractivity contribution in [3.63, 3.8) is 0 Å². The lowest BCUT2D eigenvalue weighted by molar-refractivity contribution is 0.629. The second-order valence-corrected chi connectivity index (χ2v) is 4.23. The van der Waals surface area contributed by atoms with Crippen LogP contribution in [0.5, 0.6) is 0 Å². The summed E-state index contributed by atoms with van der Waals surface area (Å²) in [4.78, 5) is 2.30. The minimum Gasteiger partial charge on any atom is -0.394 e. The predicted molar refractivity (Wildman–Crippen MR) is 65.1 cm³/mol. The molecule has 1 rings (SSSR count).